The summed E-state index contributed by atoms with van der Waals surface area (Å²) in [5.41, 5.74) is 1.17. The number of hydrogen-bond donors (Lipinski definition) is 2. The third kappa shape index (κ3) is 1.07. The highest BCUT2D eigenvalue weighted by Gasteiger charge is 1.95. The highest BCUT2D eigenvalue weighted by Crippen LogP contribution is 2.04. The quantitative estimate of drug-likeness (QED) is 0.477. The number of carbonyl (C=O) groups excluding carboxylic acids is 1. The van der Waals surface area contributed by atoms with Crippen LogP contribution in [0.15, 0.2) is 18.5 Å². The van der Waals surface area contributed by atoms with E-state index in [4.69, 9.17) is 5.11 Å². The first-order chi connectivity index (χ1) is 4.88. The fourth-order valence-electron chi connectivity index (χ4n) is 0.722. The molecule has 1 aromatic rings. The van der Waals surface area contributed by atoms with Crippen molar-refractivity contribution in [2.24, 2.45) is 0 Å². The second-order valence-electron chi connectivity index (χ2n) is 1.78. The number of aromatic nitrogens is 1. The smallest absolute Gasteiger partial charge is 0.166 e. The van der Waals surface area contributed by atoms with Gasteiger partial charge >= 0.3 is 0 Å². The Morgan fingerprint density at radius 1 is 1.60 bits per heavy atom. The first kappa shape index (κ1) is 6.61. The standard InChI is InChI=1S/C7H7NO2/c9-4-2-6-1-3-8-7(6)5-10/h1-5,8-9H. The van der Waals surface area contributed by atoms with Gasteiger partial charge in [0.25, 0.3) is 0 Å². The SMILES string of the molecule is O=Cc1[nH]ccc1C=CO. The van der Waals surface area contributed by atoms with E-state index >= 15 is 0 Å². The molecule has 1 heterocycles. The van der Waals surface area contributed by atoms with Crippen molar-refractivity contribution < 1.29 is 9.90 Å². The molecule has 1 aromatic heterocycles. The predicted octanol–water partition coefficient (Wildman–Crippen LogP) is 1.36. The van der Waals surface area contributed by atoms with E-state index in [0.29, 0.717) is 17.5 Å². The molecule has 0 aliphatic carbocycles. The largest absolute Gasteiger partial charge is 0.516 e. The number of aliphatic hydroxyl groups is 1. The van der Waals surface area contributed by atoms with E-state index in [1.165, 1.54) is 6.08 Å². The van der Waals surface area contributed by atoms with Gasteiger partial charge in [-0.05, 0) is 12.1 Å². The van der Waals surface area contributed by atoms with Crippen LogP contribution in [0.1, 0.15) is 16.1 Å². The molecule has 3 nitrogen and oxygen atoms in total. The summed E-state index contributed by atoms with van der Waals surface area (Å²) in [4.78, 5) is 12.9. The minimum atomic E-state index is 0.477. The molecule has 2 N–H and O–H groups in total. The molecule has 0 aliphatic heterocycles. The minimum absolute atomic E-state index is 0.477. The lowest BCUT2D eigenvalue weighted by Gasteiger charge is -1.84. The molecule has 3 heteroatoms. The van der Waals surface area contributed by atoms with Crippen molar-refractivity contribution in [2.75, 3.05) is 0 Å². The van der Waals surface area contributed by atoms with Crippen LogP contribution in [0.4, 0.5) is 0 Å². The van der Waals surface area contributed by atoms with Crippen molar-refractivity contribution in [3.05, 3.63) is 29.8 Å². The van der Waals surface area contributed by atoms with Gasteiger partial charge in [-0.2, -0.15) is 0 Å². The van der Waals surface area contributed by atoms with Gasteiger partial charge in [0.1, 0.15) is 0 Å². The van der Waals surface area contributed by atoms with Crippen LogP contribution >= 0.6 is 0 Å². The zero-order chi connectivity index (χ0) is 7.40. The molecule has 0 amide bonds. The number of H-pyrrole nitrogens is 1. The van der Waals surface area contributed by atoms with Gasteiger partial charge in [0.2, 0.25) is 0 Å². The highest BCUT2D eigenvalue weighted by atomic mass is 16.2. The van der Waals surface area contributed by atoms with Gasteiger partial charge < -0.3 is 10.1 Å². The number of aliphatic hydroxyl groups excluding tert-OH is 1. The maximum atomic E-state index is 10.2. The summed E-state index contributed by atoms with van der Waals surface area (Å²) in [6, 6.07) is 1.70. The predicted molar refractivity (Wildman–Crippen MR) is 37.8 cm³/mol. The lowest BCUT2D eigenvalue weighted by Crippen LogP contribution is -1.80. The lowest BCUT2D eigenvalue weighted by atomic mass is 10.2. The van der Waals surface area contributed by atoms with Gasteiger partial charge in [0.15, 0.2) is 6.29 Å². The number of aromatic amines is 1. The summed E-state index contributed by atoms with van der Waals surface area (Å²) in [5.74, 6) is 0. The van der Waals surface area contributed by atoms with Crippen molar-refractivity contribution in [3.63, 3.8) is 0 Å². The maximum absolute atomic E-state index is 10.2. The van der Waals surface area contributed by atoms with E-state index in [1.54, 1.807) is 12.3 Å². The molecule has 0 saturated heterocycles. The molecule has 1 rings (SSSR count). The first-order valence-corrected chi connectivity index (χ1v) is 2.82. The molecule has 10 heavy (non-hydrogen) atoms. The summed E-state index contributed by atoms with van der Waals surface area (Å²) < 4.78 is 0. The van der Waals surface area contributed by atoms with Crippen LogP contribution in [-0.4, -0.2) is 16.4 Å². The Morgan fingerprint density at radius 3 is 3.00 bits per heavy atom. The molecule has 52 valence electrons. The van der Waals surface area contributed by atoms with E-state index in [0.717, 1.165) is 6.26 Å². The van der Waals surface area contributed by atoms with Crippen LogP contribution in [0.2, 0.25) is 0 Å². The average molecular weight is 137 g/mol. The Morgan fingerprint density at radius 2 is 2.40 bits per heavy atom. The molecular weight excluding hydrogens is 130 g/mol. The third-order valence-electron chi connectivity index (χ3n) is 1.18. The van der Waals surface area contributed by atoms with Crippen molar-refractivity contribution in [3.8, 4) is 0 Å². The van der Waals surface area contributed by atoms with Crippen LogP contribution in [0.3, 0.4) is 0 Å². The van der Waals surface area contributed by atoms with Crippen LogP contribution in [0.25, 0.3) is 6.08 Å². The van der Waals surface area contributed by atoms with E-state index in [-0.39, 0.29) is 0 Å². The summed E-state index contributed by atoms with van der Waals surface area (Å²) in [6.45, 7) is 0. The van der Waals surface area contributed by atoms with E-state index in [1.807, 2.05) is 0 Å². The van der Waals surface area contributed by atoms with Gasteiger partial charge in [0.05, 0.1) is 12.0 Å². The topological polar surface area (TPSA) is 53.1 Å². The van der Waals surface area contributed by atoms with Crippen LogP contribution in [0, 0.1) is 0 Å². The van der Waals surface area contributed by atoms with Gasteiger partial charge in [-0.25, -0.2) is 0 Å². The zero-order valence-electron chi connectivity index (χ0n) is 5.24. The van der Waals surface area contributed by atoms with Gasteiger partial charge in [0, 0.05) is 11.8 Å². The van der Waals surface area contributed by atoms with Crippen LogP contribution in [0.5, 0.6) is 0 Å². The molecule has 0 aromatic carbocycles. The first-order valence-electron chi connectivity index (χ1n) is 2.82. The van der Waals surface area contributed by atoms with Crippen molar-refractivity contribution in [1.29, 1.82) is 0 Å². The average Bonchev–Trinajstić information content (AvgIpc) is 2.36. The normalized spacial score (nSPS) is 10.4. The number of carbonyl (C=O) groups is 1. The molecule has 0 bridgehead atoms. The third-order valence-corrected chi connectivity index (χ3v) is 1.18. The highest BCUT2D eigenvalue weighted by molar-refractivity contribution is 5.79. The Kier molecular flexibility index (Phi) is 1.89. The monoisotopic (exact) mass is 137 g/mol. The Balaban J connectivity index is 3.00. The molecule has 0 unspecified atom stereocenters. The molecule has 0 saturated carbocycles. The molecule has 0 fully saturated rings. The second-order valence-corrected chi connectivity index (χ2v) is 1.78. The van der Waals surface area contributed by atoms with Crippen molar-refractivity contribution in [2.45, 2.75) is 0 Å². The zero-order valence-corrected chi connectivity index (χ0v) is 5.24. The molecule has 0 radical (unpaired) electrons. The summed E-state index contributed by atoms with van der Waals surface area (Å²) in [7, 11) is 0. The van der Waals surface area contributed by atoms with E-state index < -0.39 is 0 Å². The van der Waals surface area contributed by atoms with Crippen molar-refractivity contribution >= 4 is 12.4 Å². The van der Waals surface area contributed by atoms with E-state index in [9.17, 15) is 4.79 Å². The summed E-state index contributed by atoms with van der Waals surface area (Å²) in [5, 5.41) is 8.35. The Labute approximate surface area is 58.0 Å². The van der Waals surface area contributed by atoms with Gasteiger partial charge in [-0.3, -0.25) is 4.79 Å². The molecule has 0 aliphatic rings. The Bertz CT molecular complexity index is 250. The Hall–Kier alpha value is -1.51. The number of hydrogen-bond acceptors (Lipinski definition) is 2. The molecule has 0 atom stereocenters. The summed E-state index contributed by atoms with van der Waals surface area (Å²) >= 11 is 0. The van der Waals surface area contributed by atoms with Crippen molar-refractivity contribution in [1.82, 2.24) is 4.98 Å². The van der Waals surface area contributed by atoms with Gasteiger partial charge in [-0.1, -0.05) is 0 Å². The molecule has 0 spiro atoms. The van der Waals surface area contributed by atoms with Crippen LogP contribution in [-0.2, 0) is 0 Å². The van der Waals surface area contributed by atoms with E-state index in [2.05, 4.69) is 4.98 Å². The number of rotatable bonds is 2. The second kappa shape index (κ2) is 2.87. The lowest BCUT2D eigenvalue weighted by molar-refractivity contribution is 0.111. The summed E-state index contributed by atoms with van der Waals surface area (Å²) in [6.07, 6.45) is 4.69. The fraction of sp³-hybridized carbons (Fsp3) is 0. The fourth-order valence-corrected chi connectivity index (χ4v) is 0.722. The minimum Gasteiger partial charge on any atom is -0.516 e. The van der Waals surface area contributed by atoms with Crippen LogP contribution < -0.4 is 0 Å². The number of nitrogens with one attached hydrogen (secondary N) is 1. The maximum Gasteiger partial charge on any atom is 0.166 e. The van der Waals surface area contributed by atoms with Gasteiger partial charge in [-0.15, -0.1) is 0 Å². The number of aldehydes is 1. The molecular formula is C7H7NO2.